The Hall–Kier alpha value is -1.55. The second-order valence-electron chi connectivity index (χ2n) is 7.35. The van der Waals surface area contributed by atoms with Crippen LogP contribution < -0.4 is 15.5 Å². The lowest BCUT2D eigenvalue weighted by atomic mass is 9.62. The van der Waals surface area contributed by atoms with Gasteiger partial charge < -0.3 is 10.1 Å². The average Bonchev–Trinajstić information content (AvgIpc) is 2.60. The molecule has 3 nitrogen and oxygen atoms in total. The molecule has 0 fully saturated rings. The first-order valence-electron chi connectivity index (χ1n) is 9.54. The fourth-order valence-electron chi connectivity index (χ4n) is 4.40. The normalized spacial score (nSPS) is 22.3. The number of hydrogen-bond donors (Lipinski definition) is 1. The van der Waals surface area contributed by atoms with Gasteiger partial charge in [-0.25, -0.2) is 0 Å². The molecule has 0 bridgehead atoms. The molecule has 2 rings (SSSR count). The van der Waals surface area contributed by atoms with Gasteiger partial charge >= 0.3 is 0 Å². The van der Waals surface area contributed by atoms with E-state index in [0.717, 1.165) is 43.4 Å². The molecule has 0 heterocycles. The third-order valence-electron chi connectivity index (χ3n) is 5.57. The van der Waals surface area contributed by atoms with Crippen molar-refractivity contribution >= 4 is 19.1 Å². The second kappa shape index (κ2) is 8.71. The predicted octanol–water partition coefficient (Wildman–Crippen LogP) is 2.45. The van der Waals surface area contributed by atoms with Crippen molar-refractivity contribution in [3.63, 3.8) is 0 Å². The van der Waals surface area contributed by atoms with Crippen LogP contribution in [0.4, 0.5) is 0 Å². The summed E-state index contributed by atoms with van der Waals surface area (Å²) < 4.78 is 5.81. The number of nitrogens with one attached hydrogen (secondary N) is 1. The van der Waals surface area contributed by atoms with Gasteiger partial charge in [-0.15, -0.1) is 6.58 Å². The van der Waals surface area contributed by atoms with Crippen LogP contribution in [0.3, 0.4) is 0 Å². The minimum atomic E-state index is -0.143. The lowest BCUT2D eigenvalue weighted by molar-refractivity contribution is -0.120. The zero-order valence-electron chi connectivity index (χ0n) is 16.3. The highest BCUT2D eigenvalue weighted by molar-refractivity contribution is 6.34. The van der Waals surface area contributed by atoms with E-state index in [1.54, 1.807) is 7.11 Å². The molecule has 1 unspecified atom stereocenters. The molecular weight excluding hydrogens is 309 g/mol. The van der Waals surface area contributed by atoms with Gasteiger partial charge in [0, 0.05) is 36.4 Å². The Morgan fingerprint density at radius 1 is 1.48 bits per heavy atom. The molecule has 1 aromatic carbocycles. The number of carbonyl (C=O) groups is 1. The first-order chi connectivity index (χ1) is 12.0. The number of ketones is 1. The maximum atomic E-state index is 12.6. The van der Waals surface area contributed by atoms with Gasteiger partial charge in [-0.1, -0.05) is 32.1 Å². The van der Waals surface area contributed by atoms with Crippen LogP contribution in [0.15, 0.2) is 24.8 Å². The minimum Gasteiger partial charge on any atom is -0.497 e. The Kier molecular flexibility index (Phi) is 6.89. The molecule has 0 saturated carbocycles. The number of hydrogen-bond acceptors (Lipinski definition) is 3. The molecule has 1 N–H and O–H groups in total. The Balaban J connectivity index is 2.52. The highest BCUT2D eigenvalue weighted by Crippen LogP contribution is 2.46. The van der Waals surface area contributed by atoms with Crippen molar-refractivity contribution in [1.29, 1.82) is 0 Å². The lowest BCUT2D eigenvalue weighted by Gasteiger charge is -2.43. The molecule has 1 aliphatic carbocycles. The molecule has 136 valence electrons. The molecule has 0 saturated heterocycles. The van der Waals surface area contributed by atoms with Crippen LogP contribution in [-0.2, 0) is 16.6 Å². The number of carbonyl (C=O) groups excluding carboxylic acids is 1. The summed E-state index contributed by atoms with van der Waals surface area (Å²) in [5.41, 5.74) is 3.61. The van der Waals surface area contributed by atoms with E-state index in [1.165, 1.54) is 11.1 Å². The largest absolute Gasteiger partial charge is 0.497 e. The number of Topliss-reactive ketones (excluding diaryl/α,β-unsaturated/α-hetero) is 1. The third-order valence-corrected chi connectivity index (χ3v) is 5.57. The van der Waals surface area contributed by atoms with Crippen LogP contribution in [-0.4, -0.2) is 33.3 Å². The molecule has 0 radical (unpaired) electrons. The molecule has 1 aromatic rings. The van der Waals surface area contributed by atoms with Crippen LogP contribution in [0, 0.1) is 0 Å². The van der Waals surface area contributed by atoms with E-state index in [-0.39, 0.29) is 5.41 Å². The van der Waals surface area contributed by atoms with E-state index < -0.39 is 0 Å². The van der Waals surface area contributed by atoms with Crippen molar-refractivity contribution in [2.24, 2.45) is 0 Å². The summed E-state index contributed by atoms with van der Waals surface area (Å²) in [7, 11) is 3.84. The minimum absolute atomic E-state index is 0.143. The van der Waals surface area contributed by atoms with E-state index in [2.05, 4.69) is 45.7 Å². The van der Waals surface area contributed by atoms with Crippen molar-refractivity contribution in [3.8, 4) is 5.75 Å². The van der Waals surface area contributed by atoms with Crippen LogP contribution in [0.25, 0.3) is 0 Å². The van der Waals surface area contributed by atoms with Crippen molar-refractivity contribution < 1.29 is 9.53 Å². The van der Waals surface area contributed by atoms with Crippen molar-refractivity contribution in [2.45, 2.75) is 63.8 Å². The topological polar surface area (TPSA) is 38.3 Å². The highest BCUT2D eigenvalue weighted by Gasteiger charge is 2.42. The second-order valence-corrected chi connectivity index (χ2v) is 7.35. The monoisotopic (exact) mass is 341 g/mol. The van der Waals surface area contributed by atoms with Crippen molar-refractivity contribution in [1.82, 2.24) is 5.32 Å². The van der Waals surface area contributed by atoms with E-state index in [1.807, 2.05) is 6.08 Å². The first kappa shape index (κ1) is 19.8. The molecule has 2 atom stereocenters. The van der Waals surface area contributed by atoms with E-state index in [0.29, 0.717) is 24.7 Å². The van der Waals surface area contributed by atoms with Gasteiger partial charge in [-0.2, -0.15) is 0 Å². The Morgan fingerprint density at radius 3 is 2.84 bits per heavy atom. The molecule has 0 amide bonds. The van der Waals surface area contributed by atoms with Gasteiger partial charge in [-0.3, -0.25) is 4.79 Å². The van der Waals surface area contributed by atoms with Crippen molar-refractivity contribution in [2.75, 3.05) is 13.7 Å². The smallest absolute Gasteiger partial charge is 0.144 e. The average molecular weight is 341 g/mol. The van der Waals surface area contributed by atoms with Gasteiger partial charge in [0.15, 0.2) is 0 Å². The molecule has 4 heteroatoms. The summed E-state index contributed by atoms with van der Waals surface area (Å²) in [5.74, 6) is 1.34. The predicted molar refractivity (Wildman–Crippen MR) is 108 cm³/mol. The molecule has 25 heavy (non-hydrogen) atoms. The maximum Gasteiger partial charge on any atom is 0.144 e. The lowest BCUT2D eigenvalue weighted by Crippen LogP contribution is -2.45. The van der Waals surface area contributed by atoms with E-state index in [9.17, 15) is 4.79 Å². The Morgan fingerprint density at radius 2 is 2.24 bits per heavy atom. The first-order valence-corrected chi connectivity index (χ1v) is 9.54. The maximum absolute atomic E-state index is 12.6. The Bertz CT molecular complexity index is 629. The van der Waals surface area contributed by atoms with Gasteiger partial charge in [0.2, 0.25) is 0 Å². The zero-order chi connectivity index (χ0) is 18.4. The molecule has 0 aromatic heterocycles. The summed E-state index contributed by atoms with van der Waals surface area (Å²) in [6, 6.07) is 4.73. The van der Waals surface area contributed by atoms with Crippen molar-refractivity contribution in [3.05, 3.63) is 35.9 Å². The fourth-order valence-corrected chi connectivity index (χ4v) is 4.40. The number of methoxy groups -OCH3 is 1. The van der Waals surface area contributed by atoms with E-state index >= 15 is 0 Å². The van der Waals surface area contributed by atoms with Gasteiger partial charge in [0.1, 0.15) is 19.4 Å². The fraction of sp³-hybridized carbons (Fsp3) is 0.571. The van der Waals surface area contributed by atoms with Crippen LogP contribution >= 0.6 is 0 Å². The van der Waals surface area contributed by atoms with Crippen LogP contribution in [0.2, 0.25) is 0 Å². The molecule has 0 spiro atoms. The van der Waals surface area contributed by atoms with Gasteiger partial charge in [-0.05, 0) is 36.7 Å². The van der Waals surface area contributed by atoms with Crippen LogP contribution in [0.5, 0.6) is 5.75 Å². The SMILES string of the molecule is Bc1ccc2c(c1OC)[C@@](CC)(CC(=O)CCC)CC(NCC=C)C2. The number of rotatable bonds is 9. The highest BCUT2D eigenvalue weighted by atomic mass is 16.5. The molecule has 1 aliphatic rings. The van der Waals surface area contributed by atoms with E-state index in [4.69, 9.17) is 4.74 Å². The quantitative estimate of drug-likeness (QED) is 0.554. The van der Waals surface area contributed by atoms with Gasteiger partial charge in [0.25, 0.3) is 0 Å². The number of benzene rings is 1. The van der Waals surface area contributed by atoms with Gasteiger partial charge in [0.05, 0.1) is 7.11 Å². The zero-order valence-corrected chi connectivity index (χ0v) is 16.3. The Labute approximate surface area is 153 Å². The summed E-state index contributed by atoms with van der Waals surface area (Å²) in [4.78, 5) is 12.6. The summed E-state index contributed by atoms with van der Waals surface area (Å²) in [6.07, 6.45) is 6.98. The summed E-state index contributed by atoms with van der Waals surface area (Å²) >= 11 is 0. The summed E-state index contributed by atoms with van der Waals surface area (Å²) in [6.45, 7) is 8.90. The third kappa shape index (κ3) is 4.17. The van der Waals surface area contributed by atoms with Crippen LogP contribution in [0.1, 0.15) is 57.1 Å². The number of fused-ring (bicyclic) bond motifs is 1. The molecular formula is C21H32BNO2. The summed E-state index contributed by atoms with van der Waals surface area (Å²) in [5, 5.41) is 3.59. The standard InChI is InChI=1S/C21H32BNO2/c1-5-8-17(24)14-21(7-3)13-16(23-11-6-2)12-15-9-10-18(22)20(25-4)19(15)21/h6,9-10,16,23H,2,5,7-8,11-14,22H2,1,3-4H3/t16?,21-/m1/s1. The molecule has 0 aliphatic heterocycles. The number of ether oxygens (including phenoxy) is 1.